The summed E-state index contributed by atoms with van der Waals surface area (Å²) in [6, 6.07) is 4.88. The van der Waals surface area contributed by atoms with Crippen LogP contribution in [0.1, 0.15) is 17.7 Å². The first-order valence-electron chi connectivity index (χ1n) is 5.35. The van der Waals surface area contributed by atoms with E-state index in [9.17, 15) is 8.42 Å². The van der Waals surface area contributed by atoms with Crippen molar-refractivity contribution in [2.75, 3.05) is 13.1 Å². The highest BCUT2D eigenvalue weighted by Gasteiger charge is 2.22. The van der Waals surface area contributed by atoms with Crippen LogP contribution in [0, 0.1) is 11.3 Å². The Bertz CT molecular complexity index is 524. The first-order chi connectivity index (χ1) is 8.12. The number of nitrogens with zero attached hydrogens (tertiary/aromatic N) is 1. The average Bonchev–Trinajstić information content (AvgIpc) is 2.79. The molecule has 0 spiro atoms. The predicted octanol–water partition coefficient (Wildman–Crippen LogP) is 0.650. The number of nitrogens with one attached hydrogen (secondary N) is 2. The van der Waals surface area contributed by atoms with Gasteiger partial charge >= 0.3 is 0 Å². The lowest BCUT2D eigenvalue weighted by atomic mass is 10.1. The summed E-state index contributed by atoms with van der Waals surface area (Å²) in [6.45, 7) is 1.60. The molecule has 1 unspecified atom stereocenters. The Morgan fingerprint density at radius 2 is 2.35 bits per heavy atom. The standard InChI is InChI=1S/C10H13N3O2S2/c11-6-9-3-4-10(16-9)17(14,15)13-8-2-1-5-12-7-8/h3-4,8,12-13H,1-2,5,7H2. The first kappa shape index (κ1) is 12.5. The number of hydrogen-bond donors (Lipinski definition) is 2. The summed E-state index contributed by atoms with van der Waals surface area (Å²) in [7, 11) is -3.47. The molecule has 17 heavy (non-hydrogen) atoms. The van der Waals surface area contributed by atoms with E-state index in [4.69, 9.17) is 5.26 Å². The summed E-state index contributed by atoms with van der Waals surface area (Å²) in [5.41, 5.74) is 0. The highest BCUT2D eigenvalue weighted by molar-refractivity contribution is 7.91. The van der Waals surface area contributed by atoms with Gasteiger partial charge in [-0.15, -0.1) is 11.3 Å². The van der Waals surface area contributed by atoms with Crippen molar-refractivity contribution in [2.24, 2.45) is 0 Å². The third kappa shape index (κ3) is 3.04. The summed E-state index contributed by atoms with van der Waals surface area (Å²) in [5.74, 6) is 0. The van der Waals surface area contributed by atoms with Crippen LogP contribution >= 0.6 is 11.3 Å². The second-order valence-electron chi connectivity index (χ2n) is 3.90. The lowest BCUT2D eigenvalue weighted by Gasteiger charge is -2.23. The minimum atomic E-state index is -3.47. The zero-order valence-electron chi connectivity index (χ0n) is 9.14. The van der Waals surface area contributed by atoms with Crippen molar-refractivity contribution in [2.45, 2.75) is 23.1 Å². The molecule has 0 saturated carbocycles. The van der Waals surface area contributed by atoms with Crippen molar-refractivity contribution in [3.63, 3.8) is 0 Å². The number of sulfonamides is 1. The molecule has 0 bridgehead atoms. The van der Waals surface area contributed by atoms with Gasteiger partial charge in [-0.2, -0.15) is 5.26 Å². The van der Waals surface area contributed by atoms with Gasteiger partial charge in [-0.25, -0.2) is 13.1 Å². The molecule has 1 atom stereocenters. The second-order valence-corrected chi connectivity index (χ2v) is 6.92. The fraction of sp³-hybridized carbons (Fsp3) is 0.500. The van der Waals surface area contributed by atoms with E-state index < -0.39 is 10.0 Å². The fourth-order valence-corrected chi connectivity index (χ4v) is 4.14. The van der Waals surface area contributed by atoms with Crippen LogP contribution in [-0.4, -0.2) is 27.5 Å². The maximum Gasteiger partial charge on any atom is 0.250 e. The molecule has 7 heteroatoms. The normalized spacial score (nSPS) is 21.0. The summed E-state index contributed by atoms with van der Waals surface area (Å²) >= 11 is 0.996. The monoisotopic (exact) mass is 271 g/mol. The number of piperidine rings is 1. The van der Waals surface area contributed by atoms with Gasteiger partial charge in [-0.3, -0.25) is 0 Å². The van der Waals surface area contributed by atoms with Gasteiger partial charge in [0, 0.05) is 12.6 Å². The van der Waals surface area contributed by atoms with E-state index in [1.807, 2.05) is 6.07 Å². The van der Waals surface area contributed by atoms with E-state index in [1.54, 1.807) is 0 Å². The highest BCUT2D eigenvalue weighted by atomic mass is 32.2. The predicted molar refractivity (Wildman–Crippen MR) is 65.2 cm³/mol. The van der Waals surface area contributed by atoms with Crippen molar-refractivity contribution in [3.8, 4) is 6.07 Å². The molecule has 1 saturated heterocycles. The molecule has 1 aliphatic rings. The van der Waals surface area contributed by atoms with Crippen LogP contribution in [-0.2, 0) is 10.0 Å². The Labute approximate surface area is 105 Å². The lowest BCUT2D eigenvalue weighted by Crippen LogP contribution is -2.45. The van der Waals surface area contributed by atoms with E-state index in [2.05, 4.69) is 10.0 Å². The molecule has 0 aliphatic carbocycles. The minimum absolute atomic E-state index is 0.0543. The maximum absolute atomic E-state index is 12.0. The molecule has 5 nitrogen and oxygen atoms in total. The Morgan fingerprint density at radius 3 is 2.94 bits per heavy atom. The van der Waals surface area contributed by atoms with E-state index in [0.717, 1.165) is 30.7 Å². The van der Waals surface area contributed by atoms with Crippen molar-refractivity contribution in [1.29, 1.82) is 5.26 Å². The minimum Gasteiger partial charge on any atom is -0.315 e. The van der Waals surface area contributed by atoms with Crippen molar-refractivity contribution in [1.82, 2.24) is 10.0 Å². The molecule has 1 fully saturated rings. The van der Waals surface area contributed by atoms with Gasteiger partial charge in [-0.1, -0.05) is 0 Å². The summed E-state index contributed by atoms with van der Waals surface area (Å²) < 4.78 is 26.9. The van der Waals surface area contributed by atoms with E-state index in [0.29, 0.717) is 11.4 Å². The van der Waals surface area contributed by atoms with Crippen molar-refractivity contribution >= 4 is 21.4 Å². The van der Waals surface area contributed by atoms with Gasteiger partial charge < -0.3 is 5.32 Å². The van der Waals surface area contributed by atoms with Crippen LogP contribution in [0.25, 0.3) is 0 Å². The Hall–Kier alpha value is -0.940. The van der Waals surface area contributed by atoms with Crippen molar-refractivity contribution in [3.05, 3.63) is 17.0 Å². The first-order valence-corrected chi connectivity index (χ1v) is 7.65. The maximum atomic E-state index is 12.0. The largest absolute Gasteiger partial charge is 0.315 e. The van der Waals surface area contributed by atoms with Crippen LogP contribution < -0.4 is 10.0 Å². The number of thiophene rings is 1. The molecule has 2 rings (SSSR count). The van der Waals surface area contributed by atoms with Gasteiger partial charge in [0.05, 0.1) is 0 Å². The zero-order valence-corrected chi connectivity index (χ0v) is 10.8. The van der Waals surface area contributed by atoms with Gasteiger partial charge in [0.15, 0.2) is 0 Å². The zero-order chi connectivity index (χ0) is 12.3. The SMILES string of the molecule is N#Cc1ccc(S(=O)(=O)NC2CCCNC2)s1. The van der Waals surface area contributed by atoms with Crippen molar-refractivity contribution < 1.29 is 8.42 Å². The molecule has 2 N–H and O–H groups in total. The molecule has 0 aromatic carbocycles. The van der Waals surface area contributed by atoms with Crippen LogP contribution in [0.3, 0.4) is 0 Å². The molecular formula is C10H13N3O2S2. The molecule has 2 heterocycles. The topological polar surface area (TPSA) is 82.0 Å². The van der Waals surface area contributed by atoms with Gasteiger partial charge in [0.25, 0.3) is 0 Å². The third-order valence-electron chi connectivity index (χ3n) is 2.58. The van der Waals surface area contributed by atoms with Crippen LogP contribution in [0.5, 0.6) is 0 Å². The van der Waals surface area contributed by atoms with Gasteiger partial charge in [0.2, 0.25) is 10.0 Å². The third-order valence-corrected chi connectivity index (χ3v) is 5.58. The van der Waals surface area contributed by atoms with Crippen LogP contribution in [0.15, 0.2) is 16.3 Å². The summed E-state index contributed by atoms with van der Waals surface area (Å²) in [5, 5.41) is 11.8. The second kappa shape index (κ2) is 5.14. The van der Waals surface area contributed by atoms with E-state index >= 15 is 0 Å². The quantitative estimate of drug-likeness (QED) is 0.845. The smallest absolute Gasteiger partial charge is 0.250 e. The van der Waals surface area contributed by atoms with Gasteiger partial charge in [-0.05, 0) is 31.5 Å². The Morgan fingerprint density at radius 1 is 1.53 bits per heavy atom. The number of hydrogen-bond acceptors (Lipinski definition) is 5. The Balaban J connectivity index is 2.10. The molecular weight excluding hydrogens is 258 g/mol. The number of rotatable bonds is 3. The molecule has 0 amide bonds. The van der Waals surface area contributed by atoms with E-state index in [-0.39, 0.29) is 10.3 Å². The number of nitriles is 1. The Kier molecular flexibility index (Phi) is 3.79. The lowest BCUT2D eigenvalue weighted by molar-refractivity contribution is 0.429. The summed E-state index contributed by atoms with van der Waals surface area (Å²) in [6.07, 6.45) is 1.82. The van der Waals surface area contributed by atoms with Crippen LogP contribution in [0.4, 0.5) is 0 Å². The molecule has 1 aromatic rings. The molecule has 1 aliphatic heterocycles. The highest BCUT2D eigenvalue weighted by Crippen LogP contribution is 2.21. The van der Waals surface area contributed by atoms with Crippen LogP contribution in [0.2, 0.25) is 0 Å². The average molecular weight is 271 g/mol. The molecule has 0 radical (unpaired) electrons. The summed E-state index contributed by atoms with van der Waals surface area (Å²) in [4.78, 5) is 0.409. The molecule has 92 valence electrons. The van der Waals surface area contributed by atoms with E-state index in [1.165, 1.54) is 12.1 Å². The fourth-order valence-electron chi connectivity index (χ4n) is 1.75. The van der Waals surface area contributed by atoms with Gasteiger partial charge in [0.1, 0.15) is 15.2 Å². The molecule has 1 aromatic heterocycles.